The molecule has 3 saturated heterocycles. The molecule has 4 atom stereocenters. The van der Waals surface area contributed by atoms with Crippen molar-refractivity contribution in [2.45, 2.75) is 71.0 Å². The van der Waals surface area contributed by atoms with Gasteiger partial charge in [-0.15, -0.1) is 0 Å². The van der Waals surface area contributed by atoms with E-state index in [-0.39, 0.29) is 41.5 Å². The maximum absolute atomic E-state index is 14.0. The molecule has 2 amide bonds. The van der Waals surface area contributed by atoms with E-state index in [1.807, 2.05) is 18.2 Å². The maximum atomic E-state index is 14.0. The molecule has 2 N–H and O–H groups in total. The molecule has 42 heavy (non-hydrogen) atoms. The number of likely N-dealkylation sites (tertiary alicyclic amines) is 2. The van der Waals surface area contributed by atoms with Gasteiger partial charge < -0.3 is 14.8 Å². The second-order valence-corrected chi connectivity index (χ2v) is 12.7. The van der Waals surface area contributed by atoms with Gasteiger partial charge in [0.2, 0.25) is 11.8 Å². The van der Waals surface area contributed by atoms with Crippen LogP contribution in [0.2, 0.25) is 6.32 Å². The molecule has 3 fully saturated rings. The summed E-state index contributed by atoms with van der Waals surface area (Å²) in [6.45, 7) is 6.77. The summed E-state index contributed by atoms with van der Waals surface area (Å²) in [6, 6.07) is 17.5. The molecule has 0 bridgehead atoms. The van der Waals surface area contributed by atoms with Gasteiger partial charge in [-0.05, 0) is 87.0 Å². The minimum absolute atomic E-state index is 0.0184. The molecule has 0 radical (unpaired) electrons. The zero-order valence-corrected chi connectivity index (χ0v) is 24.6. The molecule has 3 heterocycles. The van der Waals surface area contributed by atoms with E-state index >= 15 is 0 Å². The van der Waals surface area contributed by atoms with Crippen LogP contribution in [0.15, 0.2) is 71.3 Å². The average molecular weight is 569 g/mol. The van der Waals surface area contributed by atoms with Crippen molar-refractivity contribution in [3.8, 4) is 5.75 Å². The highest BCUT2D eigenvalue weighted by Crippen LogP contribution is 2.51. The van der Waals surface area contributed by atoms with Crippen LogP contribution in [0.1, 0.15) is 57.1 Å². The molecular formula is C34H41BN2O5. The lowest BCUT2D eigenvalue weighted by atomic mass is 9.59. The number of piperidine rings is 1. The Morgan fingerprint density at radius 3 is 2.45 bits per heavy atom. The van der Waals surface area contributed by atoms with E-state index in [4.69, 9.17) is 4.65 Å². The highest BCUT2D eigenvalue weighted by Gasteiger charge is 2.58. The molecule has 6 rings (SSSR count). The van der Waals surface area contributed by atoms with Crippen LogP contribution in [-0.4, -0.2) is 64.1 Å². The first-order valence-electron chi connectivity index (χ1n) is 15.4. The van der Waals surface area contributed by atoms with Crippen molar-refractivity contribution < 1.29 is 24.4 Å². The number of hydrogen-bond donors (Lipinski definition) is 2. The predicted molar refractivity (Wildman–Crippen MR) is 163 cm³/mol. The van der Waals surface area contributed by atoms with E-state index in [9.17, 15) is 19.7 Å². The van der Waals surface area contributed by atoms with Gasteiger partial charge in [0.05, 0.1) is 17.9 Å². The van der Waals surface area contributed by atoms with E-state index < -0.39 is 13.0 Å². The Morgan fingerprint density at radius 1 is 1.02 bits per heavy atom. The first-order chi connectivity index (χ1) is 20.3. The number of carbonyl (C=O) groups is 2. The lowest BCUT2D eigenvalue weighted by molar-refractivity contribution is -0.144. The highest BCUT2D eigenvalue weighted by atomic mass is 16.5. The van der Waals surface area contributed by atoms with Crippen molar-refractivity contribution in [1.82, 2.24) is 9.80 Å². The molecular weight excluding hydrogens is 527 g/mol. The Kier molecular flexibility index (Phi) is 8.39. The van der Waals surface area contributed by atoms with Gasteiger partial charge >= 0.3 is 7.12 Å². The lowest BCUT2D eigenvalue weighted by Crippen LogP contribution is -2.48. The minimum Gasteiger partial charge on any atom is -0.508 e. The molecule has 3 aliphatic heterocycles. The largest absolute Gasteiger partial charge is 0.508 e. The van der Waals surface area contributed by atoms with Crippen LogP contribution in [0, 0.1) is 17.8 Å². The van der Waals surface area contributed by atoms with Crippen LogP contribution in [-0.2, 0) is 20.8 Å². The number of nitrogens with zero attached hydrogens (tertiary/aromatic N) is 2. The fourth-order valence-corrected chi connectivity index (χ4v) is 7.77. The molecule has 4 aliphatic rings. The summed E-state index contributed by atoms with van der Waals surface area (Å²) in [5.74, 6) is -0.735. The van der Waals surface area contributed by atoms with Crippen LogP contribution >= 0.6 is 0 Å². The molecule has 0 saturated carbocycles. The molecule has 0 unspecified atom stereocenters. The van der Waals surface area contributed by atoms with Crippen LogP contribution in [0.3, 0.4) is 0 Å². The van der Waals surface area contributed by atoms with Gasteiger partial charge in [-0.1, -0.05) is 59.7 Å². The first-order valence-corrected chi connectivity index (χ1v) is 15.4. The summed E-state index contributed by atoms with van der Waals surface area (Å²) in [5.41, 5.74) is 5.73. The van der Waals surface area contributed by atoms with Gasteiger partial charge in [0.1, 0.15) is 5.75 Å². The van der Waals surface area contributed by atoms with Crippen molar-refractivity contribution >= 4 is 25.0 Å². The van der Waals surface area contributed by atoms with Crippen LogP contribution in [0.25, 0.3) is 6.08 Å². The van der Waals surface area contributed by atoms with Crippen molar-refractivity contribution in [3.63, 3.8) is 0 Å². The normalized spacial score (nSPS) is 27.5. The van der Waals surface area contributed by atoms with Crippen LogP contribution in [0.4, 0.5) is 0 Å². The minimum atomic E-state index is -0.949. The van der Waals surface area contributed by atoms with Gasteiger partial charge in [-0.3, -0.25) is 19.4 Å². The van der Waals surface area contributed by atoms with E-state index in [0.717, 1.165) is 55.6 Å². The van der Waals surface area contributed by atoms with Gasteiger partial charge in [-0.2, -0.15) is 0 Å². The number of allylic oxidation sites excluding steroid dienone is 2. The second kappa shape index (κ2) is 12.2. The van der Waals surface area contributed by atoms with Gasteiger partial charge in [-0.25, -0.2) is 0 Å². The Labute approximate surface area is 249 Å². The fourth-order valence-electron chi connectivity index (χ4n) is 7.77. The monoisotopic (exact) mass is 568 g/mol. The number of benzene rings is 2. The Bertz CT molecular complexity index is 1370. The van der Waals surface area contributed by atoms with Gasteiger partial charge in [0.15, 0.2) is 0 Å². The number of imide groups is 1. The topological polar surface area (TPSA) is 90.3 Å². The molecule has 7 nitrogen and oxygen atoms in total. The summed E-state index contributed by atoms with van der Waals surface area (Å²) in [6.07, 6.45) is 5.83. The summed E-state index contributed by atoms with van der Waals surface area (Å²) in [4.78, 5) is 31.8. The van der Waals surface area contributed by atoms with E-state index in [2.05, 4.69) is 49.1 Å². The SMILES string of the molecule is CC1=C2[C@@H](CC/C(C)=C/c3ccc(O)cc3)OB(O)C[C@@H]2[C@@H]2C(=O)N(C3CCN(Cc4ccccc4)CC3)C(=O)[C@@H]2C1. The summed E-state index contributed by atoms with van der Waals surface area (Å²) in [7, 11) is -0.949. The third-order valence-electron chi connectivity index (χ3n) is 9.76. The molecule has 0 aromatic heterocycles. The summed E-state index contributed by atoms with van der Waals surface area (Å²) >= 11 is 0. The smallest absolute Gasteiger partial charge is 0.455 e. The lowest BCUT2D eigenvalue weighted by Gasteiger charge is -2.42. The molecule has 1 aliphatic carbocycles. The Morgan fingerprint density at radius 2 is 1.74 bits per heavy atom. The molecule has 0 spiro atoms. The fraction of sp³-hybridized carbons (Fsp3) is 0.471. The van der Waals surface area contributed by atoms with Crippen molar-refractivity contribution in [2.75, 3.05) is 13.1 Å². The predicted octanol–water partition coefficient (Wildman–Crippen LogP) is 5.06. The number of fused-ring (bicyclic) bond motifs is 3. The Hall–Kier alpha value is -3.20. The number of hydrogen-bond acceptors (Lipinski definition) is 6. The molecule has 2 aromatic rings. The van der Waals surface area contributed by atoms with E-state index in [1.54, 1.807) is 17.0 Å². The van der Waals surface area contributed by atoms with Crippen molar-refractivity contribution in [1.29, 1.82) is 0 Å². The Balaban J connectivity index is 1.13. The maximum Gasteiger partial charge on any atom is 0.455 e. The molecule has 8 heteroatoms. The highest BCUT2D eigenvalue weighted by molar-refractivity contribution is 6.43. The number of rotatable bonds is 7. The summed E-state index contributed by atoms with van der Waals surface area (Å²) < 4.78 is 6.08. The quantitative estimate of drug-likeness (QED) is 0.276. The van der Waals surface area contributed by atoms with E-state index in [1.165, 1.54) is 11.1 Å². The molecule has 220 valence electrons. The number of amides is 2. The van der Waals surface area contributed by atoms with Gasteiger partial charge in [0.25, 0.3) is 0 Å². The average Bonchev–Trinajstić information content (AvgIpc) is 3.23. The standard InChI is InChI=1S/C34H41BN2O5/c1-22(18-24-9-11-27(38)12-10-24)8-13-30-31-23(2)19-28-32(29(31)20-35(41)42-30)34(40)37(33(28)39)26-14-16-36(17-15-26)21-25-6-4-3-5-7-25/h3-7,9-12,18,26,28-30,32,38,41H,8,13-17,19-21H2,1-2H3/b22-18+/t28-,29+,30-,32-/m1/s1. The number of phenolic OH excluding ortho intramolecular Hbond substituents is 1. The molecule has 2 aromatic carbocycles. The van der Waals surface area contributed by atoms with Crippen molar-refractivity contribution in [3.05, 3.63) is 82.4 Å². The van der Waals surface area contributed by atoms with Crippen LogP contribution in [0.5, 0.6) is 5.75 Å². The first kappa shape index (κ1) is 28.9. The third-order valence-corrected chi connectivity index (χ3v) is 9.76. The second-order valence-electron chi connectivity index (χ2n) is 12.7. The van der Waals surface area contributed by atoms with Gasteiger partial charge in [0, 0.05) is 25.7 Å². The van der Waals surface area contributed by atoms with Crippen molar-refractivity contribution in [2.24, 2.45) is 17.8 Å². The van der Waals surface area contributed by atoms with E-state index in [0.29, 0.717) is 19.2 Å². The zero-order chi connectivity index (χ0) is 29.4. The third kappa shape index (κ3) is 5.85. The van der Waals surface area contributed by atoms with Crippen LogP contribution < -0.4 is 0 Å². The number of aromatic hydroxyl groups is 1. The number of carbonyl (C=O) groups excluding carboxylic acids is 2. The number of phenols is 1. The summed E-state index contributed by atoms with van der Waals surface area (Å²) in [5, 5.41) is 20.3. The zero-order valence-electron chi connectivity index (χ0n) is 24.6.